The van der Waals surface area contributed by atoms with E-state index in [9.17, 15) is 4.79 Å². The lowest BCUT2D eigenvalue weighted by atomic mass is 10.1. The van der Waals surface area contributed by atoms with Gasteiger partial charge < -0.3 is 14.6 Å². The molecule has 1 radical (unpaired) electrons. The number of carbonyl (C=O) groups excluding carboxylic acids is 1. The lowest BCUT2D eigenvalue weighted by molar-refractivity contribution is 0.0825. The van der Waals surface area contributed by atoms with E-state index in [0.717, 1.165) is 0 Å². The van der Waals surface area contributed by atoms with E-state index < -0.39 is 0 Å². The first-order chi connectivity index (χ1) is 6.66. The first-order valence-electron chi connectivity index (χ1n) is 4.10. The predicted molar refractivity (Wildman–Crippen MR) is 53.1 cm³/mol. The molecule has 1 rings (SSSR count). The van der Waals surface area contributed by atoms with Gasteiger partial charge in [0.2, 0.25) is 0 Å². The van der Waals surface area contributed by atoms with Crippen molar-refractivity contribution < 1.29 is 14.5 Å². The van der Waals surface area contributed by atoms with Gasteiger partial charge >= 0.3 is 7.69 Å². The number of hydrogen-bond donors (Lipinski definition) is 1. The van der Waals surface area contributed by atoms with E-state index >= 15 is 0 Å². The van der Waals surface area contributed by atoms with E-state index in [2.05, 4.69) is 0 Å². The van der Waals surface area contributed by atoms with Crippen LogP contribution in [0.25, 0.3) is 0 Å². The van der Waals surface area contributed by atoms with Crippen LogP contribution in [0.15, 0.2) is 24.3 Å². The predicted octanol–water partition coefficient (Wildman–Crippen LogP) is 0.294. The summed E-state index contributed by atoms with van der Waals surface area (Å²) in [7, 11) is 3.87. The topological polar surface area (TPSA) is 49.8 Å². The molecule has 1 N–H and O–H groups in total. The molecule has 0 unspecified atom stereocenters. The molecule has 0 atom stereocenters. The van der Waals surface area contributed by atoms with Gasteiger partial charge in [-0.15, -0.1) is 0 Å². The monoisotopic (exact) mass is 192 g/mol. The molecule has 0 spiro atoms. The standard InChI is InChI=1S/C9H11BNO3/c1-11(2)9(12)7-5-3-4-6-8(7)14-10-13/h3-6,13H,1-2H3. The molecule has 1 aromatic rings. The van der Waals surface area contributed by atoms with Gasteiger partial charge in [0.1, 0.15) is 5.75 Å². The van der Waals surface area contributed by atoms with Crippen molar-refractivity contribution >= 4 is 13.6 Å². The molecular weight excluding hydrogens is 181 g/mol. The molecule has 5 heteroatoms. The van der Waals surface area contributed by atoms with Gasteiger partial charge in [-0.25, -0.2) is 0 Å². The molecule has 0 bridgehead atoms. The molecule has 1 aromatic carbocycles. The Hall–Kier alpha value is -1.49. The minimum atomic E-state index is -0.164. The quantitative estimate of drug-likeness (QED) is 0.700. The molecule has 0 aliphatic heterocycles. The summed E-state index contributed by atoms with van der Waals surface area (Å²) in [5.41, 5.74) is 0.419. The van der Waals surface area contributed by atoms with Gasteiger partial charge in [-0.2, -0.15) is 0 Å². The Morgan fingerprint density at radius 3 is 2.64 bits per heavy atom. The summed E-state index contributed by atoms with van der Waals surface area (Å²) in [5, 5.41) is 8.49. The first kappa shape index (κ1) is 10.6. The highest BCUT2D eigenvalue weighted by Crippen LogP contribution is 2.18. The van der Waals surface area contributed by atoms with Crippen molar-refractivity contribution in [1.82, 2.24) is 4.90 Å². The fraction of sp³-hybridized carbons (Fsp3) is 0.222. The number of benzene rings is 1. The highest BCUT2D eigenvalue weighted by atomic mass is 16.5. The van der Waals surface area contributed by atoms with E-state index in [1.54, 1.807) is 38.4 Å². The van der Waals surface area contributed by atoms with Crippen LogP contribution in [-0.2, 0) is 0 Å². The third kappa shape index (κ3) is 2.26. The number of amides is 1. The van der Waals surface area contributed by atoms with Gasteiger partial charge in [0, 0.05) is 14.1 Å². The Kier molecular flexibility index (Phi) is 3.53. The third-order valence-corrected chi connectivity index (χ3v) is 1.70. The van der Waals surface area contributed by atoms with E-state index in [-0.39, 0.29) is 5.91 Å². The maximum atomic E-state index is 11.6. The summed E-state index contributed by atoms with van der Waals surface area (Å²) < 4.78 is 4.79. The Morgan fingerprint density at radius 2 is 2.07 bits per heavy atom. The number of hydrogen-bond acceptors (Lipinski definition) is 3. The molecule has 0 saturated carbocycles. The summed E-state index contributed by atoms with van der Waals surface area (Å²) >= 11 is 0. The second-order valence-electron chi connectivity index (χ2n) is 2.92. The average molecular weight is 192 g/mol. The van der Waals surface area contributed by atoms with Crippen molar-refractivity contribution in [2.75, 3.05) is 14.1 Å². The Labute approximate surface area is 83.4 Å². The lowest BCUT2D eigenvalue weighted by Gasteiger charge is -2.13. The second kappa shape index (κ2) is 4.67. The first-order valence-corrected chi connectivity index (χ1v) is 4.10. The van der Waals surface area contributed by atoms with Crippen LogP contribution in [0, 0.1) is 0 Å². The van der Waals surface area contributed by atoms with Crippen molar-refractivity contribution in [2.45, 2.75) is 0 Å². The van der Waals surface area contributed by atoms with Crippen molar-refractivity contribution in [3.8, 4) is 5.75 Å². The zero-order chi connectivity index (χ0) is 10.6. The van der Waals surface area contributed by atoms with Gasteiger partial charge in [0.25, 0.3) is 5.91 Å². The van der Waals surface area contributed by atoms with E-state index in [1.165, 1.54) is 4.90 Å². The van der Waals surface area contributed by atoms with Crippen LogP contribution in [0.1, 0.15) is 10.4 Å². The van der Waals surface area contributed by atoms with Crippen LogP contribution in [0.2, 0.25) is 0 Å². The molecule has 73 valence electrons. The normalized spacial score (nSPS) is 9.36. The minimum absolute atomic E-state index is 0.164. The Balaban J connectivity index is 3.00. The smallest absolute Gasteiger partial charge is 0.537 e. The molecule has 4 nitrogen and oxygen atoms in total. The van der Waals surface area contributed by atoms with Crippen LogP contribution in [0.5, 0.6) is 5.75 Å². The molecule has 14 heavy (non-hydrogen) atoms. The van der Waals surface area contributed by atoms with E-state index in [4.69, 9.17) is 9.68 Å². The molecule has 0 fully saturated rings. The third-order valence-electron chi connectivity index (χ3n) is 1.70. The van der Waals surface area contributed by atoms with Crippen molar-refractivity contribution in [3.05, 3.63) is 29.8 Å². The summed E-state index contributed by atoms with van der Waals surface area (Å²) in [5.74, 6) is 0.177. The molecule has 0 heterocycles. The number of carbonyl (C=O) groups is 1. The fourth-order valence-electron chi connectivity index (χ4n) is 1.04. The largest absolute Gasteiger partial charge is 0.569 e. The number of rotatable bonds is 3. The SMILES string of the molecule is CN(C)C(=O)c1ccccc1O[B]O. The van der Waals surface area contributed by atoms with Crippen molar-refractivity contribution in [1.29, 1.82) is 0 Å². The fourth-order valence-corrected chi connectivity index (χ4v) is 1.04. The van der Waals surface area contributed by atoms with Crippen LogP contribution in [0.3, 0.4) is 0 Å². The summed E-state index contributed by atoms with van der Waals surface area (Å²) in [6, 6.07) is 6.72. The lowest BCUT2D eigenvalue weighted by Crippen LogP contribution is -2.22. The number of para-hydroxylation sites is 1. The summed E-state index contributed by atoms with van der Waals surface area (Å²) in [6.07, 6.45) is 0. The molecule has 0 saturated heterocycles. The average Bonchev–Trinajstić information content (AvgIpc) is 2.18. The van der Waals surface area contributed by atoms with Crippen LogP contribution >= 0.6 is 0 Å². The summed E-state index contributed by atoms with van der Waals surface area (Å²) in [4.78, 5) is 13.0. The number of nitrogens with zero attached hydrogens (tertiary/aromatic N) is 1. The van der Waals surface area contributed by atoms with E-state index in [1.807, 2.05) is 0 Å². The second-order valence-corrected chi connectivity index (χ2v) is 2.92. The Bertz CT molecular complexity index is 328. The molecular formula is C9H11BNO3. The van der Waals surface area contributed by atoms with Gasteiger partial charge in [0.05, 0.1) is 5.56 Å². The van der Waals surface area contributed by atoms with Gasteiger partial charge in [0.15, 0.2) is 0 Å². The minimum Gasteiger partial charge on any atom is -0.537 e. The molecule has 0 aliphatic rings. The van der Waals surface area contributed by atoms with Gasteiger partial charge in [-0.1, -0.05) is 12.1 Å². The highest BCUT2D eigenvalue weighted by Gasteiger charge is 2.13. The zero-order valence-corrected chi connectivity index (χ0v) is 8.10. The zero-order valence-electron chi connectivity index (χ0n) is 8.10. The Morgan fingerprint density at radius 1 is 1.43 bits per heavy atom. The molecule has 1 amide bonds. The van der Waals surface area contributed by atoms with E-state index in [0.29, 0.717) is 19.0 Å². The van der Waals surface area contributed by atoms with Crippen LogP contribution in [-0.4, -0.2) is 37.6 Å². The van der Waals surface area contributed by atoms with Gasteiger partial charge in [-0.05, 0) is 12.1 Å². The van der Waals surface area contributed by atoms with Crippen LogP contribution in [0.4, 0.5) is 0 Å². The highest BCUT2D eigenvalue weighted by molar-refractivity contribution is 6.17. The summed E-state index contributed by atoms with van der Waals surface area (Å²) in [6.45, 7) is 0. The molecule has 0 aromatic heterocycles. The maximum absolute atomic E-state index is 11.6. The van der Waals surface area contributed by atoms with Gasteiger partial charge in [-0.3, -0.25) is 4.79 Å². The van der Waals surface area contributed by atoms with Crippen LogP contribution < -0.4 is 4.65 Å². The van der Waals surface area contributed by atoms with Crippen molar-refractivity contribution in [3.63, 3.8) is 0 Å². The van der Waals surface area contributed by atoms with Crippen molar-refractivity contribution in [2.24, 2.45) is 0 Å². The maximum Gasteiger partial charge on any atom is 0.569 e. The molecule has 0 aliphatic carbocycles.